The SMILES string of the molecule is C[C@@H]1NCCC[C@H]1C(=O)NCCN(C)C. The second kappa shape index (κ2) is 6.08. The third-order valence-electron chi connectivity index (χ3n) is 2.96. The average molecular weight is 213 g/mol. The molecule has 4 nitrogen and oxygen atoms in total. The number of likely N-dealkylation sites (N-methyl/N-ethyl adjacent to an activating group) is 1. The number of carbonyl (C=O) groups is 1. The zero-order chi connectivity index (χ0) is 11.3. The van der Waals surface area contributed by atoms with Gasteiger partial charge < -0.3 is 15.5 Å². The molecule has 0 aromatic heterocycles. The minimum atomic E-state index is 0.154. The quantitative estimate of drug-likeness (QED) is 0.694. The van der Waals surface area contributed by atoms with Gasteiger partial charge in [0.05, 0.1) is 5.92 Å². The Morgan fingerprint density at radius 2 is 2.27 bits per heavy atom. The molecule has 0 aliphatic carbocycles. The number of hydrogen-bond donors (Lipinski definition) is 2. The molecule has 0 bridgehead atoms. The van der Waals surface area contributed by atoms with Gasteiger partial charge in [0.25, 0.3) is 0 Å². The predicted octanol–water partition coefficient (Wildman–Crippen LogP) is 0.0523. The summed E-state index contributed by atoms with van der Waals surface area (Å²) in [5.74, 6) is 0.359. The molecule has 1 saturated heterocycles. The van der Waals surface area contributed by atoms with Crippen molar-refractivity contribution in [3.63, 3.8) is 0 Å². The van der Waals surface area contributed by atoms with Crippen molar-refractivity contribution < 1.29 is 4.79 Å². The molecule has 0 unspecified atom stereocenters. The van der Waals surface area contributed by atoms with Crippen molar-refractivity contribution in [1.29, 1.82) is 0 Å². The minimum absolute atomic E-state index is 0.154. The first-order chi connectivity index (χ1) is 7.11. The first-order valence-electron chi connectivity index (χ1n) is 5.77. The van der Waals surface area contributed by atoms with Crippen molar-refractivity contribution in [1.82, 2.24) is 15.5 Å². The maximum Gasteiger partial charge on any atom is 0.224 e. The lowest BCUT2D eigenvalue weighted by atomic mass is 9.91. The second-order valence-electron chi connectivity index (χ2n) is 4.59. The lowest BCUT2D eigenvalue weighted by Crippen LogP contribution is -2.47. The van der Waals surface area contributed by atoms with Crippen molar-refractivity contribution in [2.75, 3.05) is 33.7 Å². The van der Waals surface area contributed by atoms with Crippen LogP contribution in [0.25, 0.3) is 0 Å². The van der Waals surface area contributed by atoms with Gasteiger partial charge in [0, 0.05) is 19.1 Å². The van der Waals surface area contributed by atoms with Gasteiger partial charge in [-0.25, -0.2) is 0 Å². The fraction of sp³-hybridized carbons (Fsp3) is 0.909. The van der Waals surface area contributed by atoms with E-state index in [0.717, 1.165) is 32.5 Å². The molecule has 15 heavy (non-hydrogen) atoms. The van der Waals surface area contributed by atoms with E-state index in [1.807, 2.05) is 14.1 Å². The fourth-order valence-corrected chi connectivity index (χ4v) is 1.94. The van der Waals surface area contributed by atoms with Gasteiger partial charge in [0.2, 0.25) is 5.91 Å². The number of hydrogen-bond acceptors (Lipinski definition) is 3. The van der Waals surface area contributed by atoms with E-state index in [1.54, 1.807) is 0 Å². The summed E-state index contributed by atoms with van der Waals surface area (Å²) in [6.07, 6.45) is 2.12. The van der Waals surface area contributed by atoms with E-state index in [-0.39, 0.29) is 11.8 Å². The summed E-state index contributed by atoms with van der Waals surface area (Å²) in [6, 6.07) is 0.318. The van der Waals surface area contributed by atoms with Gasteiger partial charge in [-0.2, -0.15) is 0 Å². The molecule has 0 spiro atoms. The van der Waals surface area contributed by atoms with E-state index in [4.69, 9.17) is 0 Å². The molecule has 2 atom stereocenters. The Bertz CT molecular complexity index is 206. The zero-order valence-electron chi connectivity index (χ0n) is 10.0. The maximum absolute atomic E-state index is 11.8. The Labute approximate surface area is 92.4 Å². The van der Waals surface area contributed by atoms with Crippen LogP contribution in [-0.2, 0) is 4.79 Å². The third-order valence-corrected chi connectivity index (χ3v) is 2.96. The molecular weight excluding hydrogens is 190 g/mol. The molecule has 1 aliphatic rings. The van der Waals surface area contributed by atoms with Crippen LogP contribution >= 0.6 is 0 Å². The van der Waals surface area contributed by atoms with Crippen LogP contribution in [0.3, 0.4) is 0 Å². The normalized spacial score (nSPS) is 26.7. The topological polar surface area (TPSA) is 44.4 Å². The highest BCUT2D eigenvalue weighted by Crippen LogP contribution is 2.15. The van der Waals surface area contributed by atoms with Crippen LogP contribution in [-0.4, -0.2) is 50.6 Å². The van der Waals surface area contributed by atoms with Crippen LogP contribution in [0.1, 0.15) is 19.8 Å². The molecule has 1 amide bonds. The van der Waals surface area contributed by atoms with Crippen LogP contribution in [0.2, 0.25) is 0 Å². The Morgan fingerprint density at radius 1 is 1.53 bits per heavy atom. The summed E-state index contributed by atoms with van der Waals surface area (Å²) in [4.78, 5) is 13.9. The molecule has 1 aliphatic heterocycles. The first-order valence-corrected chi connectivity index (χ1v) is 5.77. The van der Waals surface area contributed by atoms with Crippen molar-refractivity contribution in [3.05, 3.63) is 0 Å². The van der Waals surface area contributed by atoms with Crippen molar-refractivity contribution >= 4 is 5.91 Å². The molecule has 0 aromatic rings. The van der Waals surface area contributed by atoms with Gasteiger partial charge in [0.1, 0.15) is 0 Å². The summed E-state index contributed by atoms with van der Waals surface area (Å²) in [5.41, 5.74) is 0. The highest BCUT2D eigenvalue weighted by Gasteiger charge is 2.26. The highest BCUT2D eigenvalue weighted by atomic mass is 16.1. The molecule has 4 heteroatoms. The molecular formula is C11H23N3O. The van der Waals surface area contributed by atoms with Crippen LogP contribution in [0.15, 0.2) is 0 Å². The minimum Gasteiger partial charge on any atom is -0.355 e. The van der Waals surface area contributed by atoms with Gasteiger partial charge in [0.15, 0.2) is 0 Å². The molecule has 0 aromatic carbocycles. The summed E-state index contributed by atoms with van der Waals surface area (Å²) in [5, 5.41) is 6.33. The van der Waals surface area contributed by atoms with Crippen LogP contribution in [0.4, 0.5) is 0 Å². The number of rotatable bonds is 4. The lowest BCUT2D eigenvalue weighted by Gasteiger charge is -2.29. The third kappa shape index (κ3) is 4.18. The van der Waals surface area contributed by atoms with Gasteiger partial charge in [-0.3, -0.25) is 4.79 Å². The van der Waals surface area contributed by atoms with Crippen LogP contribution in [0.5, 0.6) is 0 Å². The Balaban J connectivity index is 2.26. The molecule has 0 saturated carbocycles. The zero-order valence-corrected chi connectivity index (χ0v) is 10.0. The van der Waals surface area contributed by atoms with E-state index in [2.05, 4.69) is 22.5 Å². The van der Waals surface area contributed by atoms with E-state index in [9.17, 15) is 4.79 Å². The summed E-state index contributed by atoms with van der Waals surface area (Å²) in [6.45, 7) is 4.79. The number of carbonyl (C=O) groups excluding carboxylic acids is 1. The first kappa shape index (κ1) is 12.5. The Hall–Kier alpha value is -0.610. The number of amides is 1. The Morgan fingerprint density at radius 3 is 2.87 bits per heavy atom. The van der Waals surface area contributed by atoms with Gasteiger partial charge in [-0.15, -0.1) is 0 Å². The molecule has 1 fully saturated rings. The predicted molar refractivity (Wildman–Crippen MR) is 61.8 cm³/mol. The van der Waals surface area contributed by atoms with Gasteiger partial charge in [-0.1, -0.05) is 0 Å². The summed E-state index contributed by atoms with van der Waals surface area (Å²) < 4.78 is 0. The smallest absolute Gasteiger partial charge is 0.224 e. The highest BCUT2D eigenvalue weighted by molar-refractivity contribution is 5.79. The molecule has 2 N–H and O–H groups in total. The summed E-state index contributed by atoms with van der Waals surface area (Å²) in [7, 11) is 4.02. The van der Waals surface area contributed by atoms with Crippen molar-refractivity contribution in [2.45, 2.75) is 25.8 Å². The number of nitrogens with zero attached hydrogens (tertiary/aromatic N) is 1. The standard InChI is InChI=1S/C11H23N3O/c1-9-10(5-4-6-12-9)11(15)13-7-8-14(2)3/h9-10,12H,4-8H2,1-3H3,(H,13,15)/t9-,10+/m0/s1. The van der Waals surface area contributed by atoms with E-state index < -0.39 is 0 Å². The van der Waals surface area contributed by atoms with E-state index >= 15 is 0 Å². The van der Waals surface area contributed by atoms with Gasteiger partial charge >= 0.3 is 0 Å². The van der Waals surface area contributed by atoms with Crippen molar-refractivity contribution in [2.24, 2.45) is 5.92 Å². The van der Waals surface area contributed by atoms with Crippen LogP contribution in [0, 0.1) is 5.92 Å². The molecule has 88 valence electrons. The van der Waals surface area contributed by atoms with E-state index in [1.165, 1.54) is 0 Å². The number of piperidine rings is 1. The lowest BCUT2D eigenvalue weighted by molar-refractivity contribution is -0.126. The number of nitrogens with one attached hydrogen (secondary N) is 2. The monoisotopic (exact) mass is 213 g/mol. The Kier molecular flexibility index (Phi) is 5.05. The molecule has 1 heterocycles. The average Bonchev–Trinajstić information content (AvgIpc) is 2.17. The van der Waals surface area contributed by atoms with Crippen molar-refractivity contribution in [3.8, 4) is 0 Å². The molecule has 0 radical (unpaired) electrons. The van der Waals surface area contributed by atoms with Gasteiger partial charge in [-0.05, 0) is 40.4 Å². The maximum atomic E-state index is 11.8. The molecule has 1 rings (SSSR count). The van der Waals surface area contributed by atoms with Crippen LogP contribution < -0.4 is 10.6 Å². The second-order valence-corrected chi connectivity index (χ2v) is 4.59. The fourth-order valence-electron chi connectivity index (χ4n) is 1.94. The largest absolute Gasteiger partial charge is 0.355 e. The van der Waals surface area contributed by atoms with E-state index in [0.29, 0.717) is 6.04 Å². The summed E-state index contributed by atoms with van der Waals surface area (Å²) >= 11 is 0.